The van der Waals surface area contributed by atoms with Gasteiger partial charge in [0, 0.05) is 32.7 Å². The summed E-state index contributed by atoms with van der Waals surface area (Å²) >= 11 is 11.7. The van der Waals surface area contributed by atoms with Gasteiger partial charge < -0.3 is 4.57 Å². The van der Waals surface area contributed by atoms with Crippen molar-refractivity contribution < 1.29 is 4.39 Å². The monoisotopic (exact) mass is 293 g/mol. The van der Waals surface area contributed by atoms with Crippen LogP contribution in [-0.2, 0) is 6.54 Å². The van der Waals surface area contributed by atoms with Crippen LogP contribution in [0.3, 0.4) is 0 Å². The van der Waals surface area contributed by atoms with Crippen molar-refractivity contribution in [3.05, 3.63) is 70.1 Å². The van der Waals surface area contributed by atoms with Crippen LogP contribution in [0.5, 0.6) is 0 Å². The first-order valence-electron chi connectivity index (χ1n) is 5.82. The Labute approximate surface area is 120 Å². The van der Waals surface area contributed by atoms with Crippen molar-refractivity contribution in [2.24, 2.45) is 0 Å². The summed E-state index contributed by atoms with van der Waals surface area (Å²) in [5, 5.41) is 2.15. The number of hydrogen-bond donors (Lipinski definition) is 0. The Bertz CT molecular complexity index is 749. The molecule has 1 nitrogen and oxygen atoms in total. The van der Waals surface area contributed by atoms with Crippen LogP contribution in [-0.4, -0.2) is 4.57 Å². The molecule has 0 N–H and O–H groups in total. The predicted molar refractivity (Wildman–Crippen MR) is 77.5 cm³/mol. The summed E-state index contributed by atoms with van der Waals surface area (Å²) in [7, 11) is 0. The van der Waals surface area contributed by atoms with Gasteiger partial charge in [-0.15, -0.1) is 0 Å². The van der Waals surface area contributed by atoms with Gasteiger partial charge in [0.05, 0.1) is 6.54 Å². The van der Waals surface area contributed by atoms with Gasteiger partial charge in [-0.1, -0.05) is 29.3 Å². The molecular weight excluding hydrogens is 284 g/mol. The Morgan fingerprint density at radius 1 is 0.947 bits per heavy atom. The average Bonchev–Trinajstić information content (AvgIpc) is 2.75. The van der Waals surface area contributed by atoms with Crippen molar-refractivity contribution in [2.75, 3.05) is 0 Å². The number of aromatic nitrogens is 1. The van der Waals surface area contributed by atoms with Crippen LogP contribution in [0.1, 0.15) is 5.56 Å². The van der Waals surface area contributed by atoms with Crippen molar-refractivity contribution in [3.63, 3.8) is 0 Å². The van der Waals surface area contributed by atoms with Crippen LogP contribution >= 0.6 is 23.2 Å². The zero-order valence-electron chi connectivity index (χ0n) is 9.91. The van der Waals surface area contributed by atoms with Crippen molar-refractivity contribution in [1.29, 1.82) is 0 Å². The van der Waals surface area contributed by atoms with Crippen molar-refractivity contribution in [2.45, 2.75) is 6.54 Å². The van der Waals surface area contributed by atoms with Gasteiger partial charge in [0.25, 0.3) is 0 Å². The van der Waals surface area contributed by atoms with E-state index < -0.39 is 0 Å². The lowest BCUT2D eigenvalue weighted by Gasteiger charge is -2.07. The Hall–Kier alpha value is -1.51. The first-order valence-corrected chi connectivity index (χ1v) is 6.57. The van der Waals surface area contributed by atoms with Gasteiger partial charge in [0.2, 0.25) is 0 Å². The molecule has 0 aliphatic rings. The SMILES string of the molecule is Fc1cc(Cl)ccc1Cn1ccc2cc(Cl)ccc21. The third kappa shape index (κ3) is 2.46. The summed E-state index contributed by atoms with van der Waals surface area (Å²) in [6, 6.07) is 12.4. The second-order valence-corrected chi connectivity index (χ2v) is 5.26. The summed E-state index contributed by atoms with van der Waals surface area (Å²) in [5.41, 5.74) is 1.63. The zero-order valence-corrected chi connectivity index (χ0v) is 11.4. The molecule has 1 heterocycles. The molecule has 0 aliphatic heterocycles. The van der Waals surface area contributed by atoms with E-state index in [0.29, 0.717) is 22.2 Å². The van der Waals surface area contributed by atoms with Gasteiger partial charge in [-0.3, -0.25) is 0 Å². The van der Waals surface area contributed by atoms with Crippen molar-refractivity contribution in [1.82, 2.24) is 4.57 Å². The molecule has 19 heavy (non-hydrogen) atoms. The molecule has 0 amide bonds. The Morgan fingerprint density at radius 3 is 2.47 bits per heavy atom. The van der Waals surface area contributed by atoms with Gasteiger partial charge in [0.1, 0.15) is 5.82 Å². The molecule has 4 heteroatoms. The number of hydrogen-bond acceptors (Lipinski definition) is 0. The molecular formula is C15H10Cl2FN. The summed E-state index contributed by atoms with van der Waals surface area (Å²) in [5.74, 6) is -0.289. The lowest BCUT2D eigenvalue weighted by atomic mass is 10.2. The molecule has 0 unspecified atom stereocenters. The topological polar surface area (TPSA) is 4.93 Å². The predicted octanol–water partition coefficient (Wildman–Crippen LogP) is 5.14. The Morgan fingerprint density at radius 2 is 1.68 bits per heavy atom. The van der Waals surface area contributed by atoms with Crippen LogP contribution < -0.4 is 0 Å². The summed E-state index contributed by atoms with van der Waals surface area (Å²) in [6.07, 6.45) is 1.93. The molecule has 96 valence electrons. The third-order valence-corrected chi connectivity index (χ3v) is 3.56. The molecule has 0 spiro atoms. The molecule has 2 aromatic carbocycles. The van der Waals surface area contributed by atoms with Gasteiger partial charge in [-0.25, -0.2) is 4.39 Å². The molecule has 0 radical (unpaired) electrons. The van der Waals surface area contributed by atoms with E-state index in [1.165, 1.54) is 6.07 Å². The fourth-order valence-electron chi connectivity index (χ4n) is 2.14. The lowest BCUT2D eigenvalue weighted by Crippen LogP contribution is -2.00. The normalized spacial score (nSPS) is 11.1. The molecule has 3 aromatic rings. The molecule has 0 aliphatic carbocycles. The minimum absolute atomic E-state index is 0.289. The maximum Gasteiger partial charge on any atom is 0.129 e. The molecule has 0 fully saturated rings. The van der Waals surface area contributed by atoms with E-state index in [-0.39, 0.29) is 5.82 Å². The smallest absolute Gasteiger partial charge is 0.129 e. The second-order valence-electron chi connectivity index (χ2n) is 4.38. The number of rotatable bonds is 2. The highest BCUT2D eigenvalue weighted by atomic mass is 35.5. The highest BCUT2D eigenvalue weighted by molar-refractivity contribution is 6.31. The summed E-state index contributed by atoms with van der Waals surface area (Å²) in [4.78, 5) is 0. The van der Waals surface area contributed by atoms with Crippen LogP contribution in [0.2, 0.25) is 10.0 Å². The van der Waals surface area contributed by atoms with E-state index in [0.717, 1.165) is 10.9 Å². The van der Waals surface area contributed by atoms with Gasteiger partial charge >= 0.3 is 0 Å². The average molecular weight is 294 g/mol. The van der Waals surface area contributed by atoms with Crippen molar-refractivity contribution >= 4 is 34.1 Å². The largest absolute Gasteiger partial charge is 0.343 e. The van der Waals surface area contributed by atoms with Gasteiger partial charge in [0.15, 0.2) is 0 Å². The van der Waals surface area contributed by atoms with Gasteiger partial charge in [-0.2, -0.15) is 0 Å². The van der Waals surface area contributed by atoms with Crippen LogP contribution in [0.4, 0.5) is 4.39 Å². The van der Waals surface area contributed by atoms with E-state index in [1.54, 1.807) is 12.1 Å². The van der Waals surface area contributed by atoms with Crippen LogP contribution in [0.15, 0.2) is 48.7 Å². The first kappa shape index (κ1) is 12.5. The molecule has 0 bridgehead atoms. The summed E-state index contributed by atoms with van der Waals surface area (Å²) < 4.78 is 15.8. The highest BCUT2D eigenvalue weighted by Crippen LogP contribution is 2.22. The molecule has 1 aromatic heterocycles. The van der Waals surface area contributed by atoms with E-state index in [2.05, 4.69) is 0 Å². The quantitative estimate of drug-likeness (QED) is 0.617. The number of benzene rings is 2. The Balaban J connectivity index is 2.01. The number of nitrogens with zero attached hydrogens (tertiary/aromatic N) is 1. The van der Waals surface area contributed by atoms with Crippen LogP contribution in [0, 0.1) is 5.82 Å². The molecule has 0 saturated heterocycles. The lowest BCUT2D eigenvalue weighted by molar-refractivity contribution is 0.602. The zero-order chi connectivity index (χ0) is 13.4. The molecule has 0 saturated carbocycles. The third-order valence-electron chi connectivity index (χ3n) is 3.09. The standard InChI is InChI=1S/C15H10Cl2FN/c16-12-3-4-15-10(7-12)5-6-19(15)9-11-1-2-13(17)8-14(11)18/h1-8H,9H2. The highest BCUT2D eigenvalue weighted by Gasteiger charge is 2.06. The van der Waals surface area contributed by atoms with E-state index in [1.807, 2.05) is 35.0 Å². The van der Waals surface area contributed by atoms with Crippen molar-refractivity contribution in [3.8, 4) is 0 Å². The Kier molecular flexibility index (Phi) is 3.21. The summed E-state index contributed by atoms with van der Waals surface area (Å²) in [6.45, 7) is 0.466. The number of fused-ring (bicyclic) bond motifs is 1. The first-order chi connectivity index (χ1) is 9.13. The maximum absolute atomic E-state index is 13.8. The molecule has 0 atom stereocenters. The molecule has 3 rings (SSSR count). The van der Waals surface area contributed by atoms with Gasteiger partial charge in [-0.05, 0) is 36.4 Å². The van der Waals surface area contributed by atoms with E-state index in [4.69, 9.17) is 23.2 Å². The maximum atomic E-state index is 13.8. The van der Waals surface area contributed by atoms with E-state index >= 15 is 0 Å². The minimum Gasteiger partial charge on any atom is -0.343 e. The second kappa shape index (κ2) is 4.87. The minimum atomic E-state index is -0.289. The van der Waals surface area contributed by atoms with Crippen LogP contribution in [0.25, 0.3) is 10.9 Å². The number of halogens is 3. The fraction of sp³-hybridized carbons (Fsp3) is 0.0667. The fourth-order valence-corrected chi connectivity index (χ4v) is 2.48. The van der Waals surface area contributed by atoms with E-state index in [9.17, 15) is 4.39 Å².